The van der Waals surface area contributed by atoms with Gasteiger partial charge in [-0.1, -0.05) is 6.42 Å². The van der Waals surface area contributed by atoms with Gasteiger partial charge in [-0.25, -0.2) is 0 Å². The fourth-order valence-corrected chi connectivity index (χ4v) is 3.79. The molecule has 2 atom stereocenters. The summed E-state index contributed by atoms with van der Waals surface area (Å²) in [7, 11) is 0. The van der Waals surface area contributed by atoms with Crippen molar-refractivity contribution in [1.29, 1.82) is 0 Å². The average molecular weight is 236 g/mol. The number of piperidine rings is 1. The van der Waals surface area contributed by atoms with Crippen molar-refractivity contribution in [3.05, 3.63) is 0 Å². The van der Waals surface area contributed by atoms with Crippen molar-refractivity contribution in [3.63, 3.8) is 0 Å². The van der Waals surface area contributed by atoms with Crippen LogP contribution in [0.5, 0.6) is 0 Å². The van der Waals surface area contributed by atoms with Crippen LogP contribution in [0.4, 0.5) is 0 Å². The number of ketones is 1. The van der Waals surface area contributed by atoms with Crippen molar-refractivity contribution in [1.82, 2.24) is 9.80 Å². The number of Topliss-reactive ketones (excluding diaryl/α,β-unsaturated/α-hetero) is 1. The SMILES string of the molecule is O=C1CCC(N2CCC(N3CCCCC3)C2)C1. The molecule has 17 heavy (non-hydrogen) atoms. The summed E-state index contributed by atoms with van der Waals surface area (Å²) in [6, 6.07) is 1.36. The number of rotatable bonds is 2. The lowest BCUT2D eigenvalue weighted by molar-refractivity contribution is -0.117. The first-order valence-corrected chi connectivity index (χ1v) is 7.33. The van der Waals surface area contributed by atoms with Gasteiger partial charge in [0.2, 0.25) is 0 Å². The Labute approximate surface area is 104 Å². The topological polar surface area (TPSA) is 23.6 Å². The standard InChI is InChI=1S/C14H24N2O/c17-14-5-4-12(10-14)16-9-6-13(11-16)15-7-2-1-3-8-15/h12-13H,1-11H2. The van der Waals surface area contributed by atoms with Crippen molar-refractivity contribution in [3.8, 4) is 0 Å². The van der Waals surface area contributed by atoms with Gasteiger partial charge in [0.15, 0.2) is 0 Å². The molecule has 0 radical (unpaired) electrons. The largest absolute Gasteiger partial charge is 0.300 e. The second-order valence-corrected chi connectivity index (χ2v) is 5.97. The molecule has 2 heterocycles. The molecule has 2 aliphatic heterocycles. The maximum Gasteiger partial charge on any atom is 0.134 e. The smallest absolute Gasteiger partial charge is 0.134 e. The van der Waals surface area contributed by atoms with Gasteiger partial charge in [0.1, 0.15) is 5.78 Å². The Morgan fingerprint density at radius 2 is 1.71 bits per heavy atom. The summed E-state index contributed by atoms with van der Waals surface area (Å²) >= 11 is 0. The third-order valence-corrected chi connectivity index (χ3v) is 4.84. The molecule has 2 unspecified atom stereocenters. The third kappa shape index (κ3) is 2.55. The molecule has 1 aliphatic carbocycles. The summed E-state index contributed by atoms with van der Waals surface area (Å²) in [4.78, 5) is 16.6. The highest BCUT2D eigenvalue weighted by Crippen LogP contribution is 2.27. The van der Waals surface area contributed by atoms with E-state index in [1.54, 1.807) is 0 Å². The molecule has 3 fully saturated rings. The minimum Gasteiger partial charge on any atom is -0.300 e. The first-order chi connectivity index (χ1) is 8.33. The van der Waals surface area contributed by atoms with Gasteiger partial charge in [0.05, 0.1) is 0 Å². The van der Waals surface area contributed by atoms with E-state index in [0.717, 1.165) is 25.3 Å². The highest BCUT2D eigenvalue weighted by molar-refractivity contribution is 5.81. The molecule has 3 heteroatoms. The first kappa shape index (κ1) is 11.7. The Morgan fingerprint density at radius 1 is 0.882 bits per heavy atom. The molecule has 3 nitrogen and oxygen atoms in total. The van der Waals surface area contributed by atoms with Crippen LogP contribution in [0.25, 0.3) is 0 Å². The van der Waals surface area contributed by atoms with E-state index in [0.29, 0.717) is 11.8 Å². The zero-order valence-corrected chi connectivity index (χ0v) is 10.7. The van der Waals surface area contributed by atoms with Crippen LogP contribution in [-0.4, -0.2) is 53.8 Å². The fraction of sp³-hybridized carbons (Fsp3) is 0.929. The molecule has 0 N–H and O–H groups in total. The van der Waals surface area contributed by atoms with Gasteiger partial charge >= 0.3 is 0 Å². The quantitative estimate of drug-likeness (QED) is 0.728. The summed E-state index contributed by atoms with van der Waals surface area (Å²) in [6.07, 6.45) is 8.29. The zero-order chi connectivity index (χ0) is 11.7. The molecule has 2 saturated heterocycles. The van der Waals surface area contributed by atoms with E-state index >= 15 is 0 Å². The molecule has 0 bridgehead atoms. The molecule has 0 aromatic rings. The first-order valence-electron chi connectivity index (χ1n) is 7.33. The van der Waals surface area contributed by atoms with Crippen LogP contribution in [0.1, 0.15) is 44.9 Å². The zero-order valence-electron chi connectivity index (χ0n) is 10.7. The van der Waals surface area contributed by atoms with E-state index < -0.39 is 0 Å². The summed E-state index contributed by atoms with van der Waals surface area (Å²) in [5, 5.41) is 0. The molecule has 3 aliphatic rings. The van der Waals surface area contributed by atoms with Gasteiger partial charge < -0.3 is 0 Å². The Bertz CT molecular complexity index is 286. The van der Waals surface area contributed by atoms with Crippen LogP contribution >= 0.6 is 0 Å². The fourth-order valence-electron chi connectivity index (χ4n) is 3.79. The van der Waals surface area contributed by atoms with Crippen LogP contribution in [0.3, 0.4) is 0 Å². The molecule has 96 valence electrons. The number of nitrogens with zero attached hydrogens (tertiary/aromatic N) is 2. The maximum atomic E-state index is 11.4. The lowest BCUT2D eigenvalue weighted by atomic mass is 10.1. The van der Waals surface area contributed by atoms with Gasteiger partial charge in [-0.3, -0.25) is 14.6 Å². The van der Waals surface area contributed by atoms with E-state index in [-0.39, 0.29) is 0 Å². The number of hydrogen-bond acceptors (Lipinski definition) is 3. The minimum absolute atomic E-state index is 0.483. The van der Waals surface area contributed by atoms with E-state index in [1.165, 1.54) is 51.9 Å². The van der Waals surface area contributed by atoms with Crippen LogP contribution in [-0.2, 0) is 4.79 Å². The van der Waals surface area contributed by atoms with E-state index in [2.05, 4.69) is 9.80 Å². The van der Waals surface area contributed by atoms with Gasteiger partial charge in [0, 0.05) is 38.0 Å². The molecule has 0 spiro atoms. The molecular weight excluding hydrogens is 212 g/mol. The molecule has 0 aromatic heterocycles. The second kappa shape index (κ2) is 5.07. The van der Waals surface area contributed by atoms with Gasteiger partial charge in [0.25, 0.3) is 0 Å². The number of carbonyl (C=O) groups is 1. The molecule has 3 rings (SSSR count). The second-order valence-electron chi connectivity index (χ2n) is 5.97. The number of likely N-dealkylation sites (tertiary alicyclic amines) is 2. The van der Waals surface area contributed by atoms with E-state index in [9.17, 15) is 4.79 Å². The van der Waals surface area contributed by atoms with E-state index in [1.807, 2.05) is 0 Å². The highest BCUT2D eigenvalue weighted by atomic mass is 16.1. The van der Waals surface area contributed by atoms with E-state index in [4.69, 9.17) is 0 Å². The van der Waals surface area contributed by atoms with Crippen LogP contribution < -0.4 is 0 Å². The molecule has 0 aromatic carbocycles. The average Bonchev–Trinajstić information content (AvgIpc) is 2.98. The van der Waals surface area contributed by atoms with Crippen molar-refractivity contribution in [2.24, 2.45) is 0 Å². The number of hydrogen-bond donors (Lipinski definition) is 0. The summed E-state index contributed by atoms with van der Waals surface area (Å²) in [6.45, 7) is 5.06. The lowest BCUT2D eigenvalue weighted by Gasteiger charge is -2.32. The van der Waals surface area contributed by atoms with Crippen molar-refractivity contribution >= 4 is 5.78 Å². The predicted molar refractivity (Wildman–Crippen MR) is 68.0 cm³/mol. The van der Waals surface area contributed by atoms with Crippen molar-refractivity contribution < 1.29 is 4.79 Å². The summed E-state index contributed by atoms with van der Waals surface area (Å²) in [5.74, 6) is 0.483. The Morgan fingerprint density at radius 3 is 2.41 bits per heavy atom. The summed E-state index contributed by atoms with van der Waals surface area (Å²) < 4.78 is 0. The van der Waals surface area contributed by atoms with Crippen molar-refractivity contribution in [2.75, 3.05) is 26.2 Å². The summed E-state index contributed by atoms with van der Waals surface area (Å²) in [5.41, 5.74) is 0. The minimum atomic E-state index is 0.483. The highest BCUT2D eigenvalue weighted by Gasteiger charge is 2.34. The van der Waals surface area contributed by atoms with Crippen LogP contribution in [0.15, 0.2) is 0 Å². The normalized spacial score (nSPS) is 36.8. The monoisotopic (exact) mass is 236 g/mol. The number of carbonyl (C=O) groups excluding carboxylic acids is 1. The van der Waals surface area contributed by atoms with Crippen molar-refractivity contribution in [2.45, 2.75) is 57.0 Å². The molecule has 0 amide bonds. The Balaban J connectivity index is 1.52. The third-order valence-electron chi connectivity index (χ3n) is 4.84. The van der Waals surface area contributed by atoms with Crippen LogP contribution in [0.2, 0.25) is 0 Å². The molecule has 1 saturated carbocycles. The predicted octanol–water partition coefficient (Wildman–Crippen LogP) is 1.67. The van der Waals surface area contributed by atoms with Gasteiger partial charge in [-0.15, -0.1) is 0 Å². The van der Waals surface area contributed by atoms with Crippen LogP contribution in [0, 0.1) is 0 Å². The maximum absolute atomic E-state index is 11.4. The Kier molecular flexibility index (Phi) is 3.48. The Hall–Kier alpha value is -0.410. The lowest BCUT2D eigenvalue weighted by Crippen LogP contribution is -2.42. The molecular formula is C14H24N2O. The van der Waals surface area contributed by atoms with Gasteiger partial charge in [-0.2, -0.15) is 0 Å². The van der Waals surface area contributed by atoms with Gasteiger partial charge in [-0.05, 0) is 38.8 Å².